The topological polar surface area (TPSA) is 38.3 Å². The molecule has 0 bridgehead atoms. The molecule has 0 radical (unpaired) electrons. The summed E-state index contributed by atoms with van der Waals surface area (Å²) in [5.41, 5.74) is 0.115. The van der Waals surface area contributed by atoms with Gasteiger partial charge in [0.25, 0.3) is 0 Å². The summed E-state index contributed by atoms with van der Waals surface area (Å²) in [6.45, 7) is 1.46. The minimum atomic E-state index is -0.599. The van der Waals surface area contributed by atoms with Crippen molar-refractivity contribution in [1.29, 1.82) is 0 Å². The van der Waals surface area contributed by atoms with E-state index in [1.165, 1.54) is 7.11 Å². The Morgan fingerprint density at radius 1 is 1.50 bits per heavy atom. The molecule has 1 aromatic carbocycles. The molecule has 1 aromatic rings. The summed E-state index contributed by atoms with van der Waals surface area (Å²) in [5.74, 6) is -1.46. The summed E-state index contributed by atoms with van der Waals surface area (Å²) in [5, 5.41) is 2.49. The summed E-state index contributed by atoms with van der Waals surface area (Å²) in [6, 6.07) is 2.53. The van der Waals surface area contributed by atoms with Gasteiger partial charge < -0.3 is 10.1 Å². The van der Waals surface area contributed by atoms with Crippen LogP contribution >= 0.6 is 0 Å². The first-order chi connectivity index (χ1) is 7.54. The van der Waals surface area contributed by atoms with Gasteiger partial charge in [0.15, 0.2) is 0 Å². The molecule has 1 rings (SSSR count). The highest BCUT2D eigenvalue weighted by Gasteiger charge is 2.14. The van der Waals surface area contributed by atoms with E-state index in [1.807, 2.05) is 0 Å². The quantitative estimate of drug-likeness (QED) is 0.854. The van der Waals surface area contributed by atoms with E-state index in [9.17, 15) is 13.6 Å². The summed E-state index contributed by atoms with van der Waals surface area (Å²) < 4.78 is 30.8. The van der Waals surface area contributed by atoms with Crippen molar-refractivity contribution in [3.63, 3.8) is 0 Å². The van der Waals surface area contributed by atoms with Crippen molar-refractivity contribution in [2.45, 2.75) is 13.0 Å². The second kappa shape index (κ2) is 5.55. The number of ether oxygens (including phenoxy) is 1. The average Bonchev–Trinajstić information content (AvgIpc) is 2.21. The van der Waals surface area contributed by atoms with Gasteiger partial charge >= 0.3 is 0 Å². The van der Waals surface area contributed by atoms with Crippen molar-refractivity contribution < 1.29 is 18.3 Å². The maximum atomic E-state index is 13.3. The fraction of sp³-hybridized carbons (Fsp3) is 0.364. The van der Waals surface area contributed by atoms with Gasteiger partial charge in [-0.2, -0.15) is 0 Å². The standard InChI is InChI=1S/C11H13F2NO2/c1-7(14-11(15)6-16-2)9-5-8(12)3-4-10(9)13/h3-5,7H,6H2,1-2H3,(H,14,15)/t7-/m0/s1. The lowest BCUT2D eigenvalue weighted by Crippen LogP contribution is -2.30. The number of rotatable bonds is 4. The summed E-state index contributed by atoms with van der Waals surface area (Å²) in [7, 11) is 1.38. The third kappa shape index (κ3) is 3.27. The maximum Gasteiger partial charge on any atom is 0.246 e. The first-order valence-electron chi connectivity index (χ1n) is 4.78. The van der Waals surface area contributed by atoms with Crippen molar-refractivity contribution >= 4 is 5.91 Å². The van der Waals surface area contributed by atoms with Crippen LogP contribution in [0.2, 0.25) is 0 Å². The van der Waals surface area contributed by atoms with Crippen LogP contribution in [0, 0.1) is 11.6 Å². The van der Waals surface area contributed by atoms with Crippen molar-refractivity contribution in [2.75, 3.05) is 13.7 Å². The maximum absolute atomic E-state index is 13.3. The predicted molar refractivity (Wildman–Crippen MR) is 54.8 cm³/mol. The Balaban J connectivity index is 2.76. The summed E-state index contributed by atoms with van der Waals surface area (Å²) >= 11 is 0. The summed E-state index contributed by atoms with van der Waals surface area (Å²) in [4.78, 5) is 11.2. The largest absolute Gasteiger partial charge is 0.375 e. The number of carbonyl (C=O) groups is 1. The van der Waals surface area contributed by atoms with Crippen LogP contribution in [0.25, 0.3) is 0 Å². The fourth-order valence-electron chi connectivity index (χ4n) is 1.34. The summed E-state index contributed by atoms with van der Waals surface area (Å²) in [6.07, 6.45) is 0. The molecule has 0 saturated carbocycles. The molecule has 0 unspecified atom stereocenters. The van der Waals surface area contributed by atoms with Gasteiger partial charge in [-0.25, -0.2) is 8.78 Å². The zero-order valence-electron chi connectivity index (χ0n) is 9.09. The van der Waals surface area contributed by atoms with Gasteiger partial charge in [-0.15, -0.1) is 0 Å². The molecule has 0 aliphatic rings. The zero-order valence-corrected chi connectivity index (χ0v) is 9.09. The molecule has 0 aromatic heterocycles. The Labute approximate surface area is 92.4 Å². The van der Waals surface area contributed by atoms with Gasteiger partial charge in [0, 0.05) is 12.7 Å². The molecule has 0 fully saturated rings. The molecular formula is C11H13F2NO2. The first-order valence-corrected chi connectivity index (χ1v) is 4.78. The normalized spacial score (nSPS) is 12.2. The molecule has 0 saturated heterocycles. The number of methoxy groups -OCH3 is 1. The molecule has 1 atom stereocenters. The van der Waals surface area contributed by atoms with Crippen molar-refractivity contribution in [3.05, 3.63) is 35.4 Å². The number of hydrogen-bond acceptors (Lipinski definition) is 2. The Bertz CT molecular complexity index is 382. The van der Waals surface area contributed by atoms with Crippen LogP contribution in [0.1, 0.15) is 18.5 Å². The minimum absolute atomic E-state index is 0.110. The van der Waals surface area contributed by atoms with Crippen LogP contribution in [0.5, 0.6) is 0 Å². The molecule has 88 valence electrons. The third-order valence-corrected chi connectivity index (χ3v) is 2.08. The van der Waals surface area contributed by atoms with Crippen LogP contribution < -0.4 is 5.32 Å². The number of carbonyl (C=O) groups excluding carboxylic acids is 1. The van der Waals surface area contributed by atoms with Gasteiger partial charge in [0.2, 0.25) is 5.91 Å². The van der Waals surface area contributed by atoms with E-state index in [0.29, 0.717) is 0 Å². The van der Waals surface area contributed by atoms with Gasteiger partial charge in [0.1, 0.15) is 18.2 Å². The van der Waals surface area contributed by atoms with E-state index in [1.54, 1.807) is 6.92 Å². The van der Waals surface area contributed by atoms with Crippen molar-refractivity contribution in [2.24, 2.45) is 0 Å². The van der Waals surface area contributed by atoms with E-state index >= 15 is 0 Å². The SMILES string of the molecule is COCC(=O)N[C@@H](C)c1cc(F)ccc1F. The number of hydrogen-bond donors (Lipinski definition) is 1. The van der Waals surface area contributed by atoms with Crippen LogP contribution in [0.15, 0.2) is 18.2 Å². The van der Waals surface area contributed by atoms with Crippen LogP contribution in [0.4, 0.5) is 8.78 Å². The lowest BCUT2D eigenvalue weighted by atomic mass is 10.1. The molecule has 0 spiro atoms. The lowest BCUT2D eigenvalue weighted by Gasteiger charge is -2.14. The Hall–Kier alpha value is -1.49. The van der Waals surface area contributed by atoms with Crippen LogP contribution in [0.3, 0.4) is 0 Å². The molecule has 16 heavy (non-hydrogen) atoms. The van der Waals surface area contributed by atoms with E-state index in [2.05, 4.69) is 10.1 Å². The molecule has 0 aliphatic carbocycles. The Morgan fingerprint density at radius 2 is 2.19 bits per heavy atom. The monoisotopic (exact) mass is 229 g/mol. The van der Waals surface area contributed by atoms with Crippen LogP contribution in [-0.2, 0) is 9.53 Å². The number of nitrogens with one attached hydrogen (secondary N) is 1. The van der Waals surface area contributed by atoms with Crippen molar-refractivity contribution in [1.82, 2.24) is 5.32 Å². The Morgan fingerprint density at radius 3 is 2.81 bits per heavy atom. The number of amides is 1. The Kier molecular flexibility index (Phi) is 4.37. The molecule has 0 aliphatic heterocycles. The van der Waals surface area contributed by atoms with E-state index in [4.69, 9.17) is 0 Å². The first kappa shape index (κ1) is 12.6. The van der Waals surface area contributed by atoms with Gasteiger partial charge in [-0.3, -0.25) is 4.79 Å². The van der Waals surface area contributed by atoms with E-state index in [0.717, 1.165) is 18.2 Å². The van der Waals surface area contributed by atoms with E-state index in [-0.39, 0.29) is 18.1 Å². The van der Waals surface area contributed by atoms with Gasteiger partial charge in [-0.05, 0) is 25.1 Å². The molecule has 5 heteroatoms. The molecule has 1 N–H and O–H groups in total. The fourth-order valence-corrected chi connectivity index (χ4v) is 1.34. The minimum Gasteiger partial charge on any atom is -0.375 e. The lowest BCUT2D eigenvalue weighted by molar-refractivity contribution is -0.125. The zero-order chi connectivity index (χ0) is 12.1. The number of halogens is 2. The molecule has 0 heterocycles. The average molecular weight is 229 g/mol. The highest BCUT2D eigenvalue weighted by molar-refractivity contribution is 5.77. The predicted octanol–water partition coefficient (Wildman–Crippen LogP) is 1.79. The van der Waals surface area contributed by atoms with Gasteiger partial charge in [-0.1, -0.05) is 0 Å². The molecular weight excluding hydrogens is 216 g/mol. The van der Waals surface area contributed by atoms with Crippen LogP contribution in [-0.4, -0.2) is 19.6 Å². The molecule has 1 amide bonds. The second-order valence-corrected chi connectivity index (χ2v) is 3.39. The molecule has 3 nitrogen and oxygen atoms in total. The third-order valence-electron chi connectivity index (χ3n) is 2.08. The smallest absolute Gasteiger partial charge is 0.246 e. The van der Waals surface area contributed by atoms with E-state index < -0.39 is 17.7 Å². The second-order valence-electron chi connectivity index (χ2n) is 3.39. The van der Waals surface area contributed by atoms with Gasteiger partial charge in [0.05, 0.1) is 6.04 Å². The van der Waals surface area contributed by atoms with Crippen molar-refractivity contribution in [3.8, 4) is 0 Å². The highest BCUT2D eigenvalue weighted by atomic mass is 19.1. The number of benzene rings is 1. The highest BCUT2D eigenvalue weighted by Crippen LogP contribution is 2.17.